The van der Waals surface area contributed by atoms with E-state index in [1.807, 2.05) is 18.2 Å². The Hall–Kier alpha value is -2.88. The fraction of sp³-hybridized carbons (Fsp3) is 0.111. The number of aromatic hydroxyl groups is 1. The maximum absolute atomic E-state index is 9.40. The molecule has 0 saturated heterocycles. The lowest BCUT2D eigenvalue weighted by Gasteiger charge is -2.10. The van der Waals surface area contributed by atoms with Crippen LogP contribution in [0.1, 0.15) is 11.1 Å². The summed E-state index contributed by atoms with van der Waals surface area (Å²) in [6.07, 6.45) is 3.34. The normalized spacial score (nSPS) is 10.4. The molecule has 4 heteroatoms. The molecule has 0 saturated carbocycles. The molecule has 0 fully saturated rings. The molecule has 0 bridgehead atoms. The van der Waals surface area contributed by atoms with E-state index in [4.69, 9.17) is 0 Å². The van der Waals surface area contributed by atoms with Gasteiger partial charge >= 0.3 is 0 Å². The average molecular weight is 291 g/mol. The number of hydrogen-bond acceptors (Lipinski definition) is 4. The Kier molecular flexibility index (Phi) is 4.01. The molecule has 2 aromatic carbocycles. The van der Waals surface area contributed by atoms with E-state index in [0.29, 0.717) is 6.54 Å². The third kappa shape index (κ3) is 3.23. The van der Waals surface area contributed by atoms with Crippen LogP contribution < -0.4 is 5.32 Å². The topological polar surface area (TPSA) is 58.0 Å². The molecule has 4 nitrogen and oxygen atoms in total. The van der Waals surface area contributed by atoms with E-state index in [-0.39, 0.29) is 5.75 Å². The van der Waals surface area contributed by atoms with E-state index in [1.165, 1.54) is 11.1 Å². The predicted octanol–water partition coefficient (Wildman–Crippen LogP) is 3.77. The lowest BCUT2D eigenvalue weighted by atomic mass is 10.1. The first-order valence-corrected chi connectivity index (χ1v) is 7.12. The summed E-state index contributed by atoms with van der Waals surface area (Å²) >= 11 is 0. The summed E-state index contributed by atoms with van der Waals surface area (Å²) < 4.78 is 0. The number of benzene rings is 2. The van der Waals surface area contributed by atoms with Crippen LogP contribution in [0.2, 0.25) is 0 Å². The first-order chi connectivity index (χ1) is 10.7. The third-order valence-electron chi connectivity index (χ3n) is 3.38. The van der Waals surface area contributed by atoms with Crippen molar-refractivity contribution in [2.24, 2.45) is 0 Å². The zero-order chi connectivity index (χ0) is 15.4. The molecule has 0 aliphatic heterocycles. The van der Waals surface area contributed by atoms with Gasteiger partial charge in [-0.1, -0.05) is 29.8 Å². The van der Waals surface area contributed by atoms with Crippen molar-refractivity contribution < 1.29 is 5.11 Å². The van der Waals surface area contributed by atoms with Gasteiger partial charge in [0.15, 0.2) is 5.82 Å². The van der Waals surface area contributed by atoms with Gasteiger partial charge in [-0.15, -0.1) is 0 Å². The standard InChI is InChI=1S/C18H17N3O/c1-13-3-2-4-14(11-13)12-21-18-17(19-9-10-20-18)15-5-7-16(22)8-6-15/h2-11,22H,12H2,1H3,(H,20,21). The first-order valence-electron chi connectivity index (χ1n) is 7.12. The molecular formula is C18H17N3O. The summed E-state index contributed by atoms with van der Waals surface area (Å²) in [5.74, 6) is 0.969. The van der Waals surface area contributed by atoms with E-state index < -0.39 is 0 Å². The molecule has 3 aromatic rings. The van der Waals surface area contributed by atoms with Gasteiger partial charge in [0.05, 0.1) is 0 Å². The highest BCUT2D eigenvalue weighted by Gasteiger charge is 2.07. The molecule has 0 amide bonds. The molecule has 0 aliphatic rings. The summed E-state index contributed by atoms with van der Waals surface area (Å²) in [6, 6.07) is 15.3. The first kappa shape index (κ1) is 14.1. The molecule has 110 valence electrons. The van der Waals surface area contributed by atoms with E-state index in [0.717, 1.165) is 17.1 Å². The Bertz CT molecular complexity index is 769. The van der Waals surface area contributed by atoms with Gasteiger partial charge in [0.25, 0.3) is 0 Å². The van der Waals surface area contributed by atoms with Gasteiger partial charge in [-0.25, -0.2) is 4.98 Å². The van der Waals surface area contributed by atoms with Crippen LogP contribution in [-0.2, 0) is 6.54 Å². The van der Waals surface area contributed by atoms with Crippen LogP contribution in [0.15, 0.2) is 60.9 Å². The van der Waals surface area contributed by atoms with Crippen molar-refractivity contribution in [2.45, 2.75) is 13.5 Å². The second kappa shape index (κ2) is 6.26. The molecule has 2 N–H and O–H groups in total. The van der Waals surface area contributed by atoms with Gasteiger partial charge in [0, 0.05) is 24.5 Å². The zero-order valence-electron chi connectivity index (χ0n) is 12.3. The maximum atomic E-state index is 9.40. The van der Waals surface area contributed by atoms with Crippen molar-refractivity contribution in [1.29, 1.82) is 0 Å². The molecule has 0 unspecified atom stereocenters. The Labute approximate surface area is 129 Å². The van der Waals surface area contributed by atoms with Gasteiger partial charge < -0.3 is 10.4 Å². The summed E-state index contributed by atoms with van der Waals surface area (Å²) in [7, 11) is 0. The van der Waals surface area contributed by atoms with Crippen molar-refractivity contribution in [3.63, 3.8) is 0 Å². The van der Waals surface area contributed by atoms with Crippen LogP contribution in [0.4, 0.5) is 5.82 Å². The third-order valence-corrected chi connectivity index (χ3v) is 3.38. The molecular weight excluding hydrogens is 274 g/mol. The number of nitrogens with one attached hydrogen (secondary N) is 1. The SMILES string of the molecule is Cc1cccc(CNc2nccnc2-c2ccc(O)cc2)c1. The largest absolute Gasteiger partial charge is 0.508 e. The summed E-state index contributed by atoms with van der Waals surface area (Å²) in [6.45, 7) is 2.76. The molecule has 1 heterocycles. The number of aryl methyl sites for hydroxylation is 1. The fourth-order valence-electron chi connectivity index (χ4n) is 2.31. The minimum absolute atomic E-state index is 0.238. The molecule has 0 spiro atoms. The Balaban J connectivity index is 1.84. The second-order valence-electron chi connectivity index (χ2n) is 5.14. The quantitative estimate of drug-likeness (QED) is 0.768. The molecule has 0 atom stereocenters. The predicted molar refractivity (Wildman–Crippen MR) is 87.6 cm³/mol. The number of hydrogen-bond donors (Lipinski definition) is 2. The lowest BCUT2D eigenvalue weighted by Crippen LogP contribution is -2.04. The fourth-order valence-corrected chi connectivity index (χ4v) is 2.31. The molecule has 0 radical (unpaired) electrons. The number of phenols is 1. The number of phenolic OH excluding ortho intramolecular Hbond substituents is 1. The van der Waals surface area contributed by atoms with Gasteiger partial charge in [-0.3, -0.25) is 4.98 Å². The Morgan fingerprint density at radius 2 is 1.77 bits per heavy atom. The van der Waals surface area contributed by atoms with Crippen molar-refractivity contribution >= 4 is 5.82 Å². The minimum atomic E-state index is 0.238. The Morgan fingerprint density at radius 3 is 2.55 bits per heavy atom. The molecule has 0 aliphatic carbocycles. The second-order valence-corrected chi connectivity index (χ2v) is 5.14. The summed E-state index contributed by atoms with van der Waals surface area (Å²) in [5.41, 5.74) is 4.12. The monoisotopic (exact) mass is 291 g/mol. The van der Waals surface area contributed by atoms with Gasteiger partial charge in [0.1, 0.15) is 11.4 Å². The van der Waals surface area contributed by atoms with Crippen LogP contribution in [0, 0.1) is 6.92 Å². The average Bonchev–Trinajstić information content (AvgIpc) is 2.54. The van der Waals surface area contributed by atoms with Crippen LogP contribution in [0.3, 0.4) is 0 Å². The highest BCUT2D eigenvalue weighted by molar-refractivity contribution is 5.71. The van der Waals surface area contributed by atoms with Crippen molar-refractivity contribution in [3.8, 4) is 17.0 Å². The van der Waals surface area contributed by atoms with Crippen molar-refractivity contribution in [3.05, 3.63) is 72.1 Å². The van der Waals surface area contributed by atoms with Crippen LogP contribution in [-0.4, -0.2) is 15.1 Å². The number of rotatable bonds is 4. The van der Waals surface area contributed by atoms with Gasteiger partial charge in [-0.2, -0.15) is 0 Å². The number of anilines is 1. The number of aromatic nitrogens is 2. The van der Waals surface area contributed by atoms with E-state index in [1.54, 1.807) is 24.5 Å². The van der Waals surface area contributed by atoms with Crippen LogP contribution >= 0.6 is 0 Å². The van der Waals surface area contributed by atoms with Crippen molar-refractivity contribution in [1.82, 2.24) is 9.97 Å². The molecule has 22 heavy (non-hydrogen) atoms. The van der Waals surface area contributed by atoms with Crippen LogP contribution in [0.25, 0.3) is 11.3 Å². The van der Waals surface area contributed by atoms with Gasteiger partial charge in [-0.05, 0) is 36.8 Å². The van der Waals surface area contributed by atoms with Crippen molar-refractivity contribution in [2.75, 3.05) is 5.32 Å². The van der Waals surface area contributed by atoms with E-state index >= 15 is 0 Å². The highest BCUT2D eigenvalue weighted by Crippen LogP contribution is 2.25. The Morgan fingerprint density at radius 1 is 1.00 bits per heavy atom. The molecule has 3 rings (SSSR count). The maximum Gasteiger partial charge on any atom is 0.152 e. The smallest absolute Gasteiger partial charge is 0.152 e. The van der Waals surface area contributed by atoms with E-state index in [2.05, 4.69) is 40.4 Å². The van der Waals surface area contributed by atoms with Crippen LogP contribution in [0.5, 0.6) is 5.75 Å². The highest BCUT2D eigenvalue weighted by atomic mass is 16.3. The zero-order valence-corrected chi connectivity index (χ0v) is 12.3. The summed E-state index contributed by atoms with van der Waals surface area (Å²) in [5, 5.41) is 12.7. The number of nitrogens with zero attached hydrogens (tertiary/aromatic N) is 2. The lowest BCUT2D eigenvalue weighted by molar-refractivity contribution is 0.475. The van der Waals surface area contributed by atoms with Gasteiger partial charge in [0.2, 0.25) is 0 Å². The minimum Gasteiger partial charge on any atom is -0.508 e. The summed E-state index contributed by atoms with van der Waals surface area (Å²) in [4.78, 5) is 8.78. The van der Waals surface area contributed by atoms with E-state index in [9.17, 15) is 5.11 Å². The molecule has 1 aromatic heterocycles.